The van der Waals surface area contributed by atoms with E-state index in [2.05, 4.69) is 33.2 Å². The Labute approximate surface area is 143 Å². The Hall–Kier alpha value is -2.14. The van der Waals surface area contributed by atoms with Crippen LogP contribution in [0.25, 0.3) is 11.0 Å². The van der Waals surface area contributed by atoms with Crippen molar-refractivity contribution in [2.75, 3.05) is 5.32 Å². The minimum Gasteiger partial charge on any atom is -0.324 e. The number of nitrogens with zero attached hydrogens (tertiary/aromatic N) is 2. The fourth-order valence-corrected chi connectivity index (χ4v) is 3.03. The molecule has 0 unspecified atom stereocenters. The van der Waals surface area contributed by atoms with Crippen LogP contribution < -0.4 is 5.32 Å². The second-order valence-corrected chi connectivity index (χ2v) is 6.33. The van der Waals surface area contributed by atoms with Crippen LogP contribution in [0.4, 0.5) is 5.69 Å². The zero-order valence-electron chi connectivity index (χ0n) is 12.9. The Morgan fingerprint density at radius 3 is 2.83 bits per heavy atom. The third kappa shape index (κ3) is 3.62. The molecule has 1 N–H and O–H groups in total. The standard InChI is InChI=1S/C18H18BrN3O/c1-2-6-17-21-15-9-3-4-10-16(15)22(17)12-18(23)20-14-8-5-7-13(19)11-14/h3-5,7-11H,2,6,12H2,1H3,(H,20,23). The van der Waals surface area contributed by atoms with Crippen molar-refractivity contribution in [1.29, 1.82) is 0 Å². The van der Waals surface area contributed by atoms with Crippen LogP contribution >= 0.6 is 15.9 Å². The largest absolute Gasteiger partial charge is 0.324 e. The summed E-state index contributed by atoms with van der Waals surface area (Å²) in [4.78, 5) is 17.1. The van der Waals surface area contributed by atoms with Crippen molar-refractivity contribution in [1.82, 2.24) is 9.55 Å². The second-order valence-electron chi connectivity index (χ2n) is 5.41. The summed E-state index contributed by atoms with van der Waals surface area (Å²) in [5.41, 5.74) is 2.72. The summed E-state index contributed by atoms with van der Waals surface area (Å²) in [5, 5.41) is 2.94. The van der Waals surface area contributed by atoms with Crippen LogP contribution in [0.2, 0.25) is 0 Å². The van der Waals surface area contributed by atoms with Crippen LogP contribution in [0.15, 0.2) is 53.0 Å². The number of amides is 1. The molecule has 5 heteroatoms. The van der Waals surface area contributed by atoms with Gasteiger partial charge in [-0.05, 0) is 36.8 Å². The molecule has 118 valence electrons. The number of benzene rings is 2. The van der Waals surface area contributed by atoms with Crippen molar-refractivity contribution < 1.29 is 4.79 Å². The molecule has 3 rings (SSSR count). The van der Waals surface area contributed by atoms with Gasteiger partial charge in [0.05, 0.1) is 11.0 Å². The Balaban J connectivity index is 1.85. The molecule has 0 radical (unpaired) electrons. The highest BCUT2D eigenvalue weighted by molar-refractivity contribution is 9.10. The summed E-state index contributed by atoms with van der Waals surface area (Å²) >= 11 is 3.41. The molecule has 0 aliphatic rings. The molecule has 0 saturated carbocycles. The molecule has 0 bridgehead atoms. The first-order valence-corrected chi connectivity index (χ1v) is 8.46. The minimum absolute atomic E-state index is 0.0522. The zero-order valence-corrected chi connectivity index (χ0v) is 14.5. The van der Waals surface area contributed by atoms with Gasteiger partial charge < -0.3 is 9.88 Å². The molecule has 0 saturated heterocycles. The van der Waals surface area contributed by atoms with Gasteiger partial charge >= 0.3 is 0 Å². The highest BCUT2D eigenvalue weighted by Gasteiger charge is 2.13. The van der Waals surface area contributed by atoms with Gasteiger partial charge in [0.25, 0.3) is 0 Å². The van der Waals surface area contributed by atoms with Crippen molar-refractivity contribution in [3.63, 3.8) is 0 Å². The maximum absolute atomic E-state index is 12.4. The average Bonchev–Trinajstić information content (AvgIpc) is 2.85. The SMILES string of the molecule is CCCc1nc2ccccc2n1CC(=O)Nc1cccc(Br)c1. The van der Waals surface area contributed by atoms with E-state index in [1.165, 1.54) is 0 Å². The van der Waals surface area contributed by atoms with E-state index in [4.69, 9.17) is 0 Å². The van der Waals surface area contributed by atoms with Gasteiger partial charge in [-0.15, -0.1) is 0 Å². The van der Waals surface area contributed by atoms with E-state index in [1.807, 2.05) is 53.1 Å². The quantitative estimate of drug-likeness (QED) is 0.722. The number of halogens is 1. The lowest BCUT2D eigenvalue weighted by Gasteiger charge is -2.10. The Morgan fingerprint density at radius 2 is 2.04 bits per heavy atom. The van der Waals surface area contributed by atoms with E-state index in [1.54, 1.807) is 0 Å². The number of aryl methyl sites for hydroxylation is 1. The molecular weight excluding hydrogens is 354 g/mol. The molecule has 2 aromatic carbocycles. The highest BCUT2D eigenvalue weighted by Crippen LogP contribution is 2.19. The van der Waals surface area contributed by atoms with Gasteiger partial charge in [-0.2, -0.15) is 0 Å². The van der Waals surface area contributed by atoms with Crippen molar-refractivity contribution in [3.8, 4) is 0 Å². The predicted molar refractivity (Wildman–Crippen MR) is 96.5 cm³/mol. The lowest BCUT2D eigenvalue weighted by atomic mass is 10.3. The van der Waals surface area contributed by atoms with Gasteiger partial charge in [0.15, 0.2) is 0 Å². The van der Waals surface area contributed by atoms with Gasteiger partial charge in [0.2, 0.25) is 5.91 Å². The zero-order chi connectivity index (χ0) is 16.2. The van der Waals surface area contributed by atoms with Crippen LogP contribution in [-0.2, 0) is 17.8 Å². The number of rotatable bonds is 5. The lowest BCUT2D eigenvalue weighted by molar-refractivity contribution is -0.116. The Morgan fingerprint density at radius 1 is 1.22 bits per heavy atom. The molecule has 0 aliphatic carbocycles. The molecule has 0 atom stereocenters. The molecule has 23 heavy (non-hydrogen) atoms. The number of carbonyl (C=O) groups is 1. The van der Waals surface area contributed by atoms with Crippen LogP contribution in [0.1, 0.15) is 19.2 Å². The molecule has 0 fully saturated rings. The van der Waals surface area contributed by atoms with Gasteiger partial charge in [-0.25, -0.2) is 4.98 Å². The van der Waals surface area contributed by atoms with Crippen LogP contribution in [0, 0.1) is 0 Å². The Bertz CT molecular complexity index is 841. The minimum atomic E-state index is -0.0522. The number of hydrogen-bond acceptors (Lipinski definition) is 2. The normalized spacial score (nSPS) is 10.9. The van der Waals surface area contributed by atoms with E-state index in [0.717, 1.165) is 39.9 Å². The molecule has 1 aromatic heterocycles. The van der Waals surface area contributed by atoms with Gasteiger partial charge in [0.1, 0.15) is 12.4 Å². The number of aromatic nitrogens is 2. The van der Waals surface area contributed by atoms with Crippen molar-refractivity contribution >= 4 is 38.6 Å². The maximum atomic E-state index is 12.4. The molecule has 3 aromatic rings. The van der Waals surface area contributed by atoms with E-state index < -0.39 is 0 Å². The molecule has 4 nitrogen and oxygen atoms in total. The monoisotopic (exact) mass is 371 g/mol. The van der Waals surface area contributed by atoms with E-state index >= 15 is 0 Å². The van der Waals surface area contributed by atoms with Crippen molar-refractivity contribution in [2.45, 2.75) is 26.3 Å². The second kappa shape index (κ2) is 6.96. The molecule has 1 amide bonds. The summed E-state index contributed by atoms with van der Waals surface area (Å²) in [6.45, 7) is 2.38. The number of nitrogens with one attached hydrogen (secondary N) is 1. The molecule has 0 spiro atoms. The van der Waals surface area contributed by atoms with E-state index in [0.29, 0.717) is 0 Å². The maximum Gasteiger partial charge on any atom is 0.244 e. The highest BCUT2D eigenvalue weighted by atomic mass is 79.9. The summed E-state index contributed by atoms with van der Waals surface area (Å²) in [6, 6.07) is 15.5. The third-order valence-electron chi connectivity index (χ3n) is 3.62. The van der Waals surface area contributed by atoms with Crippen molar-refractivity contribution in [2.24, 2.45) is 0 Å². The first-order chi connectivity index (χ1) is 11.2. The average molecular weight is 372 g/mol. The molecular formula is C18H18BrN3O. The van der Waals surface area contributed by atoms with E-state index in [-0.39, 0.29) is 12.5 Å². The first-order valence-electron chi connectivity index (χ1n) is 7.67. The van der Waals surface area contributed by atoms with Gasteiger partial charge in [-0.3, -0.25) is 4.79 Å². The van der Waals surface area contributed by atoms with Crippen LogP contribution in [-0.4, -0.2) is 15.5 Å². The number of para-hydroxylation sites is 2. The number of carbonyl (C=O) groups excluding carboxylic acids is 1. The summed E-state index contributed by atoms with van der Waals surface area (Å²) in [5.74, 6) is 0.904. The van der Waals surface area contributed by atoms with Crippen LogP contribution in [0.3, 0.4) is 0 Å². The predicted octanol–water partition coefficient (Wildman–Crippen LogP) is 4.39. The van der Waals surface area contributed by atoms with Crippen LogP contribution in [0.5, 0.6) is 0 Å². The number of anilines is 1. The van der Waals surface area contributed by atoms with E-state index in [9.17, 15) is 4.79 Å². The first kappa shape index (κ1) is 15.7. The third-order valence-corrected chi connectivity index (χ3v) is 4.11. The summed E-state index contributed by atoms with van der Waals surface area (Å²) in [6.07, 6.45) is 1.86. The summed E-state index contributed by atoms with van der Waals surface area (Å²) < 4.78 is 2.95. The van der Waals surface area contributed by atoms with Crippen molar-refractivity contribution in [3.05, 3.63) is 58.8 Å². The molecule has 0 aliphatic heterocycles. The topological polar surface area (TPSA) is 46.9 Å². The smallest absolute Gasteiger partial charge is 0.244 e. The molecule has 1 heterocycles. The number of hydrogen-bond donors (Lipinski definition) is 1. The van der Waals surface area contributed by atoms with Gasteiger partial charge in [0, 0.05) is 16.6 Å². The number of fused-ring (bicyclic) bond motifs is 1. The fraction of sp³-hybridized carbons (Fsp3) is 0.222. The number of imidazole rings is 1. The summed E-state index contributed by atoms with van der Waals surface area (Å²) in [7, 11) is 0. The van der Waals surface area contributed by atoms with Gasteiger partial charge in [-0.1, -0.05) is 41.1 Å². The fourth-order valence-electron chi connectivity index (χ4n) is 2.63. The Kier molecular flexibility index (Phi) is 4.76. The lowest BCUT2D eigenvalue weighted by Crippen LogP contribution is -2.20.